The zero-order valence-electron chi connectivity index (χ0n) is 18.6. The highest BCUT2D eigenvalue weighted by atomic mass is 32.2. The zero-order chi connectivity index (χ0) is 25.6. The molecular formula is C22H20F2N6O4S. The molecular weight excluding hydrogens is 482 g/mol. The van der Waals surface area contributed by atoms with Gasteiger partial charge >= 0.3 is 0 Å². The fourth-order valence-corrected chi connectivity index (χ4v) is 4.16. The molecule has 35 heavy (non-hydrogen) atoms. The minimum atomic E-state index is -4.10. The SMILES string of the molecule is CCC(=O)NS(=O)(=O)c1cc(Nc2ncc(F)c(Nc3ccc(OCC#N)c(F)c3)n2)ccc1C. The van der Waals surface area contributed by atoms with E-state index in [1.807, 2.05) is 4.72 Å². The van der Waals surface area contributed by atoms with Crippen LogP contribution in [0.4, 0.5) is 31.9 Å². The Balaban J connectivity index is 1.83. The molecule has 0 aliphatic rings. The van der Waals surface area contributed by atoms with E-state index in [0.29, 0.717) is 5.56 Å². The molecule has 0 radical (unpaired) electrons. The Morgan fingerprint density at radius 3 is 2.51 bits per heavy atom. The van der Waals surface area contributed by atoms with Gasteiger partial charge in [0, 0.05) is 23.9 Å². The van der Waals surface area contributed by atoms with Crippen molar-refractivity contribution in [3.63, 3.8) is 0 Å². The number of anilines is 4. The summed E-state index contributed by atoms with van der Waals surface area (Å²) in [6.45, 7) is 2.77. The molecule has 0 aliphatic carbocycles. The Hall–Kier alpha value is -4.31. The second-order valence-electron chi connectivity index (χ2n) is 7.09. The lowest BCUT2D eigenvalue weighted by Gasteiger charge is -2.13. The van der Waals surface area contributed by atoms with E-state index in [1.54, 1.807) is 19.1 Å². The van der Waals surface area contributed by atoms with E-state index >= 15 is 0 Å². The van der Waals surface area contributed by atoms with Gasteiger partial charge in [0.1, 0.15) is 6.07 Å². The topological polar surface area (TPSA) is 146 Å². The fourth-order valence-electron chi connectivity index (χ4n) is 2.83. The van der Waals surface area contributed by atoms with Crippen molar-refractivity contribution in [2.75, 3.05) is 17.2 Å². The normalized spacial score (nSPS) is 10.8. The maximum Gasteiger partial charge on any atom is 0.264 e. The van der Waals surface area contributed by atoms with Gasteiger partial charge in [0.25, 0.3) is 10.0 Å². The van der Waals surface area contributed by atoms with Crippen LogP contribution in [-0.2, 0) is 14.8 Å². The molecule has 2 aromatic carbocycles. The van der Waals surface area contributed by atoms with E-state index < -0.39 is 27.6 Å². The van der Waals surface area contributed by atoms with Crippen LogP contribution in [0, 0.1) is 29.9 Å². The van der Waals surface area contributed by atoms with Crippen molar-refractivity contribution in [3.8, 4) is 11.8 Å². The Morgan fingerprint density at radius 2 is 1.83 bits per heavy atom. The van der Waals surface area contributed by atoms with Gasteiger partial charge in [-0.1, -0.05) is 13.0 Å². The molecule has 0 bridgehead atoms. The van der Waals surface area contributed by atoms with Gasteiger partial charge in [-0.15, -0.1) is 0 Å². The van der Waals surface area contributed by atoms with Gasteiger partial charge < -0.3 is 15.4 Å². The average Bonchev–Trinajstić information content (AvgIpc) is 2.81. The summed E-state index contributed by atoms with van der Waals surface area (Å²) in [4.78, 5) is 19.3. The highest BCUT2D eigenvalue weighted by Crippen LogP contribution is 2.26. The molecule has 0 spiro atoms. The maximum absolute atomic E-state index is 14.3. The van der Waals surface area contributed by atoms with Crippen molar-refractivity contribution in [3.05, 3.63) is 59.8 Å². The minimum absolute atomic E-state index is 0.00503. The van der Waals surface area contributed by atoms with Crippen molar-refractivity contribution >= 4 is 39.1 Å². The van der Waals surface area contributed by atoms with Gasteiger partial charge in [-0.2, -0.15) is 10.2 Å². The van der Waals surface area contributed by atoms with Crippen LogP contribution >= 0.6 is 0 Å². The van der Waals surface area contributed by atoms with Crippen LogP contribution in [0.15, 0.2) is 47.5 Å². The second kappa shape index (κ2) is 10.7. The third kappa shape index (κ3) is 6.39. The lowest BCUT2D eigenvalue weighted by molar-refractivity contribution is -0.119. The quantitative estimate of drug-likeness (QED) is 0.399. The van der Waals surface area contributed by atoms with E-state index in [2.05, 4.69) is 20.6 Å². The predicted octanol–water partition coefficient (Wildman–Crippen LogP) is 3.67. The Kier molecular flexibility index (Phi) is 7.77. The predicted molar refractivity (Wildman–Crippen MR) is 123 cm³/mol. The number of benzene rings is 2. The molecule has 1 heterocycles. The van der Waals surface area contributed by atoms with Gasteiger partial charge in [0.2, 0.25) is 11.9 Å². The van der Waals surface area contributed by atoms with E-state index in [4.69, 9.17) is 10.00 Å². The number of aromatic nitrogens is 2. The molecule has 0 saturated carbocycles. The van der Waals surface area contributed by atoms with E-state index in [9.17, 15) is 22.0 Å². The van der Waals surface area contributed by atoms with Crippen molar-refractivity contribution < 1.29 is 26.7 Å². The Labute approximate surface area is 200 Å². The van der Waals surface area contributed by atoms with Crippen LogP contribution in [0.3, 0.4) is 0 Å². The molecule has 3 N–H and O–H groups in total. The number of nitriles is 1. The third-order valence-electron chi connectivity index (χ3n) is 4.53. The number of ether oxygens (including phenoxy) is 1. The number of sulfonamides is 1. The molecule has 0 unspecified atom stereocenters. The number of amides is 1. The van der Waals surface area contributed by atoms with Gasteiger partial charge in [-0.3, -0.25) is 4.79 Å². The molecule has 0 fully saturated rings. The highest BCUT2D eigenvalue weighted by molar-refractivity contribution is 7.90. The standard InChI is InChI=1S/C22H20F2N6O4S/c1-3-20(31)30-35(32,33)19-11-15(5-4-13(19)2)28-22-26-12-17(24)21(29-22)27-14-6-7-18(16(23)10-14)34-9-8-25/h4-7,10-12H,3,9H2,1-2H3,(H,30,31)(H2,26,27,28,29). The summed E-state index contributed by atoms with van der Waals surface area (Å²) >= 11 is 0. The summed E-state index contributed by atoms with van der Waals surface area (Å²) < 4.78 is 60.4. The summed E-state index contributed by atoms with van der Waals surface area (Å²) in [7, 11) is -4.10. The van der Waals surface area contributed by atoms with Crippen LogP contribution in [0.5, 0.6) is 5.75 Å². The number of carbonyl (C=O) groups excluding carboxylic acids is 1. The number of halogens is 2. The maximum atomic E-state index is 14.3. The highest BCUT2D eigenvalue weighted by Gasteiger charge is 2.20. The summed E-state index contributed by atoms with van der Waals surface area (Å²) in [5, 5.41) is 13.9. The number of nitrogens with zero attached hydrogens (tertiary/aromatic N) is 3. The van der Waals surface area contributed by atoms with Crippen LogP contribution < -0.4 is 20.1 Å². The second-order valence-corrected chi connectivity index (χ2v) is 8.75. The van der Waals surface area contributed by atoms with Crippen molar-refractivity contribution in [2.24, 2.45) is 0 Å². The molecule has 1 amide bonds. The summed E-state index contributed by atoms with van der Waals surface area (Å²) in [6, 6.07) is 9.83. The molecule has 0 saturated heterocycles. The number of nitrogens with one attached hydrogen (secondary N) is 3. The molecule has 3 aromatic rings. The molecule has 182 valence electrons. The lowest BCUT2D eigenvalue weighted by atomic mass is 10.2. The van der Waals surface area contributed by atoms with E-state index in [-0.39, 0.29) is 46.8 Å². The Bertz CT molecular complexity index is 1410. The third-order valence-corrected chi connectivity index (χ3v) is 6.05. The van der Waals surface area contributed by atoms with Crippen molar-refractivity contribution in [2.45, 2.75) is 25.2 Å². The zero-order valence-corrected chi connectivity index (χ0v) is 19.4. The van der Waals surface area contributed by atoms with Gasteiger partial charge in [-0.05, 0) is 36.8 Å². The summed E-state index contributed by atoms with van der Waals surface area (Å²) in [5.74, 6) is -2.72. The van der Waals surface area contributed by atoms with Gasteiger partial charge in [-0.25, -0.2) is 26.9 Å². The summed E-state index contributed by atoms with van der Waals surface area (Å²) in [6.07, 6.45) is 0.876. The van der Waals surface area contributed by atoms with Crippen LogP contribution in [0.2, 0.25) is 0 Å². The number of hydrogen-bond acceptors (Lipinski definition) is 9. The summed E-state index contributed by atoms with van der Waals surface area (Å²) in [5.41, 5.74) is 0.826. The first-order valence-electron chi connectivity index (χ1n) is 10.1. The number of carbonyl (C=O) groups is 1. The number of hydrogen-bond donors (Lipinski definition) is 3. The van der Waals surface area contributed by atoms with Crippen molar-refractivity contribution in [1.29, 1.82) is 5.26 Å². The van der Waals surface area contributed by atoms with Crippen molar-refractivity contribution in [1.82, 2.24) is 14.7 Å². The van der Waals surface area contributed by atoms with Crippen LogP contribution in [0.1, 0.15) is 18.9 Å². The molecule has 0 atom stereocenters. The smallest absolute Gasteiger partial charge is 0.264 e. The van der Waals surface area contributed by atoms with Crippen LogP contribution in [-0.4, -0.2) is 30.9 Å². The molecule has 13 heteroatoms. The van der Waals surface area contributed by atoms with Gasteiger partial charge in [0.05, 0.1) is 11.1 Å². The lowest BCUT2D eigenvalue weighted by Crippen LogP contribution is -2.30. The molecule has 10 nitrogen and oxygen atoms in total. The number of rotatable bonds is 9. The molecule has 1 aromatic heterocycles. The van der Waals surface area contributed by atoms with E-state index in [1.165, 1.54) is 31.2 Å². The average molecular weight is 503 g/mol. The Morgan fingerprint density at radius 1 is 1.11 bits per heavy atom. The van der Waals surface area contributed by atoms with Crippen LogP contribution in [0.25, 0.3) is 0 Å². The fraction of sp³-hybridized carbons (Fsp3) is 0.182. The number of aryl methyl sites for hydroxylation is 1. The van der Waals surface area contributed by atoms with E-state index in [0.717, 1.165) is 12.3 Å². The first-order chi connectivity index (χ1) is 16.6. The molecule has 0 aliphatic heterocycles. The first kappa shape index (κ1) is 25.3. The monoisotopic (exact) mass is 502 g/mol. The van der Waals surface area contributed by atoms with Gasteiger partial charge in [0.15, 0.2) is 29.8 Å². The minimum Gasteiger partial charge on any atom is -0.476 e. The first-order valence-corrected chi connectivity index (χ1v) is 11.6. The molecule has 3 rings (SSSR count). The largest absolute Gasteiger partial charge is 0.476 e.